The number of hydrogen-bond acceptors (Lipinski definition) is 9. The first kappa shape index (κ1) is 37.2. The summed E-state index contributed by atoms with van der Waals surface area (Å²) in [6, 6.07) is 13.3. The molecule has 9 nitrogen and oxygen atoms in total. The highest BCUT2D eigenvalue weighted by Gasteiger charge is 2.45. The van der Waals surface area contributed by atoms with Crippen LogP contribution in [0.1, 0.15) is 65.5 Å². The first-order chi connectivity index (χ1) is 21.7. The Bertz CT molecular complexity index is 1350. The number of carbonyl (C=O) groups excluding carboxylic acids is 2. The second-order valence-electron chi connectivity index (χ2n) is 13.3. The molecule has 4 atom stereocenters. The molecule has 0 amide bonds. The minimum atomic E-state index is -1.41. The second kappa shape index (κ2) is 17.0. The quantitative estimate of drug-likeness (QED) is 0.0890. The summed E-state index contributed by atoms with van der Waals surface area (Å²) in [5.41, 5.74) is 2.29. The summed E-state index contributed by atoms with van der Waals surface area (Å²) in [5, 5.41) is 9.81. The Morgan fingerprint density at radius 1 is 1.07 bits per heavy atom. The number of esters is 2. The Balaban J connectivity index is 1.89. The third kappa shape index (κ3) is 11.8. The van der Waals surface area contributed by atoms with E-state index < -0.39 is 50.2 Å². The van der Waals surface area contributed by atoms with Gasteiger partial charge in [-0.1, -0.05) is 62.1 Å². The summed E-state index contributed by atoms with van der Waals surface area (Å²) in [6.07, 6.45) is 5.60. The van der Waals surface area contributed by atoms with Crippen molar-refractivity contribution < 1.29 is 43.1 Å². The molecule has 1 heterocycles. The van der Waals surface area contributed by atoms with Gasteiger partial charge in [0.15, 0.2) is 12.6 Å². The van der Waals surface area contributed by atoms with Crippen LogP contribution in [0.2, 0.25) is 25.7 Å². The van der Waals surface area contributed by atoms with Gasteiger partial charge in [-0.15, -0.1) is 0 Å². The summed E-state index contributed by atoms with van der Waals surface area (Å²) in [7, 11) is 0.115. The van der Waals surface area contributed by atoms with E-state index in [4.69, 9.17) is 28.4 Å². The van der Waals surface area contributed by atoms with Gasteiger partial charge >= 0.3 is 11.9 Å². The van der Waals surface area contributed by atoms with Crippen LogP contribution in [-0.2, 0) is 23.7 Å². The minimum Gasteiger partial charge on any atom is -0.467 e. The lowest BCUT2D eigenvalue weighted by Crippen LogP contribution is -2.37. The van der Waals surface area contributed by atoms with Crippen molar-refractivity contribution in [2.45, 2.75) is 96.4 Å². The number of rotatable bonds is 16. The molecule has 0 bridgehead atoms. The number of aliphatic hydroxyl groups is 1. The molecule has 2 aromatic rings. The number of hydrogen-bond donors (Lipinski definition) is 1. The van der Waals surface area contributed by atoms with Crippen molar-refractivity contribution in [2.24, 2.45) is 0 Å². The van der Waals surface area contributed by atoms with Gasteiger partial charge in [-0.2, -0.15) is 0 Å². The summed E-state index contributed by atoms with van der Waals surface area (Å²) in [5.74, 6) is -1.50. The van der Waals surface area contributed by atoms with E-state index in [1.165, 1.54) is 7.11 Å². The van der Waals surface area contributed by atoms with Crippen molar-refractivity contribution in [1.29, 1.82) is 0 Å². The van der Waals surface area contributed by atoms with Gasteiger partial charge in [0.05, 0.1) is 24.4 Å². The SMILES string of the molecule is COCOc1cc(C)cc(C=CCC2OC(C)(C)OC2C(C=CC[C@@H](C)O)OC(=O)c2ccccc2)c1C(=O)OCC[Si](C)(C)C. The van der Waals surface area contributed by atoms with E-state index in [0.29, 0.717) is 41.9 Å². The van der Waals surface area contributed by atoms with Crippen LogP contribution in [0.15, 0.2) is 60.7 Å². The highest BCUT2D eigenvalue weighted by atomic mass is 28.3. The molecule has 0 spiro atoms. The average Bonchev–Trinajstić information content (AvgIpc) is 3.28. The molecule has 3 unspecified atom stereocenters. The zero-order chi connectivity index (χ0) is 33.9. The van der Waals surface area contributed by atoms with Crippen LogP contribution >= 0.6 is 0 Å². The molecule has 1 saturated heterocycles. The molecule has 2 aromatic carbocycles. The van der Waals surface area contributed by atoms with E-state index in [0.717, 1.165) is 11.6 Å². The monoisotopic (exact) mass is 654 g/mol. The summed E-state index contributed by atoms with van der Waals surface area (Å²) < 4.78 is 35.1. The van der Waals surface area contributed by atoms with Crippen LogP contribution in [0.3, 0.4) is 0 Å². The highest BCUT2D eigenvalue weighted by molar-refractivity contribution is 6.76. The third-order valence-corrected chi connectivity index (χ3v) is 8.87. The first-order valence-electron chi connectivity index (χ1n) is 15.8. The maximum atomic E-state index is 13.4. The van der Waals surface area contributed by atoms with Crippen molar-refractivity contribution in [3.05, 3.63) is 82.9 Å². The van der Waals surface area contributed by atoms with Crippen molar-refractivity contribution in [3.8, 4) is 5.75 Å². The van der Waals surface area contributed by atoms with Gasteiger partial charge in [0.1, 0.15) is 23.5 Å². The van der Waals surface area contributed by atoms with Crippen LogP contribution in [0.25, 0.3) is 6.08 Å². The van der Waals surface area contributed by atoms with Crippen LogP contribution in [0.5, 0.6) is 5.75 Å². The molecular weight excluding hydrogens is 604 g/mol. The lowest BCUT2D eigenvalue weighted by molar-refractivity contribution is -0.152. The summed E-state index contributed by atoms with van der Waals surface area (Å²) in [4.78, 5) is 26.4. The highest BCUT2D eigenvalue weighted by Crippen LogP contribution is 2.34. The third-order valence-electron chi connectivity index (χ3n) is 7.17. The van der Waals surface area contributed by atoms with E-state index in [1.807, 2.05) is 45.1 Å². The van der Waals surface area contributed by atoms with Gasteiger partial charge in [-0.05, 0) is 82.0 Å². The molecule has 3 rings (SSSR count). The maximum Gasteiger partial charge on any atom is 0.342 e. The average molecular weight is 655 g/mol. The molecular formula is C36H50O9Si. The zero-order valence-corrected chi connectivity index (χ0v) is 29.4. The summed E-state index contributed by atoms with van der Waals surface area (Å²) >= 11 is 0. The van der Waals surface area contributed by atoms with Crippen LogP contribution in [0.4, 0.5) is 0 Å². The van der Waals surface area contributed by atoms with Gasteiger partial charge in [0, 0.05) is 15.2 Å². The fraction of sp³-hybridized carbons (Fsp3) is 0.500. The molecule has 1 aliphatic heterocycles. The van der Waals surface area contributed by atoms with Crippen LogP contribution < -0.4 is 4.74 Å². The number of aliphatic hydroxyl groups excluding tert-OH is 1. The molecule has 1 aliphatic rings. The lowest BCUT2D eigenvalue weighted by atomic mass is 10.00. The van der Waals surface area contributed by atoms with Crippen molar-refractivity contribution in [2.75, 3.05) is 20.5 Å². The molecule has 0 aliphatic carbocycles. The molecule has 10 heteroatoms. The van der Waals surface area contributed by atoms with E-state index in [9.17, 15) is 14.7 Å². The maximum absolute atomic E-state index is 13.4. The van der Waals surface area contributed by atoms with Gasteiger partial charge in [0.25, 0.3) is 0 Å². The van der Waals surface area contributed by atoms with E-state index in [1.54, 1.807) is 49.4 Å². The fourth-order valence-electron chi connectivity index (χ4n) is 4.93. The van der Waals surface area contributed by atoms with E-state index in [-0.39, 0.29) is 6.79 Å². The Morgan fingerprint density at radius 2 is 1.78 bits per heavy atom. The normalized spacial score (nSPS) is 19.3. The topological polar surface area (TPSA) is 110 Å². The van der Waals surface area contributed by atoms with Gasteiger partial charge < -0.3 is 33.5 Å². The number of carbonyl (C=O) groups is 2. The van der Waals surface area contributed by atoms with Gasteiger partial charge in [0.2, 0.25) is 0 Å². The second-order valence-corrected chi connectivity index (χ2v) is 18.9. The Morgan fingerprint density at radius 3 is 2.43 bits per heavy atom. The molecule has 46 heavy (non-hydrogen) atoms. The standard InChI is InChI=1S/C36H50O9Si/c1-25-22-28(32(31(23-25)42-24-40-5)35(39)41-20-21-46(6,7)8)17-13-19-30-33(45-36(3,4)44-30)29(18-12-14-26(2)37)43-34(38)27-15-10-9-11-16-27/h9-13,15-18,22-23,26,29-30,33,37H,14,19-21,24H2,1-8H3/t26-,29?,30?,33?/m1/s1. The molecule has 252 valence electrons. The van der Waals surface area contributed by atoms with Crippen LogP contribution in [0, 0.1) is 6.92 Å². The predicted octanol–water partition coefficient (Wildman–Crippen LogP) is 6.95. The van der Waals surface area contributed by atoms with E-state index in [2.05, 4.69) is 19.6 Å². The largest absolute Gasteiger partial charge is 0.467 e. The number of ether oxygens (including phenoxy) is 6. The number of benzene rings is 2. The van der Waals surface area contributed by atoms with E-state index >= 15 is 0 Å². The minimum absolute atomic E-state index is 0.0164. The Hall–Kier alpha value is -3.28. The number of methoxy groups -OCH3 is 1. The van der Waals surface area contributed by atoms with Crippen LogP contribution in [-0.4, -0.2) is 75.8 Å². The lowest BCUT2D eigenvalue weighted by Gasteiger charge is -2.24. The molecule has 0 aromatic heterocycles. The molecule has 1 N–H and O–H groups in total. The zero-order valence-electron chi connectivity index (χ0n) is 28.4. The number of aryl methyl sites for hydroxylation is 1. The fourth-order valence-corrected chi connectivity index (χ4v) is 5.65. The first-order valence-corrected chi connectivity index (χ1v) is 19.5. The van der Waals surface area contributed by atoms with Crippen molar-refractivity contribution >= 4 is 26.1 Å². The molecule has 0 saturated carbocycles. The van der Waals surface area contributed by atoms with Gasteiger partial charge in [-0.25, -0.2) is 9.59 Å². The van der Waals surface area contributed by atoms with Crippen molar-refractivity contribution in [1.82, 2.24) is 0 Å². The summed E-state index contributed by atoms with van der Waals surface area (Å²) in [6.45, 7) is 14.3. The smallest absolute Gasteiger partial charge is 0.342 e. The molecule has 0 radical (unpaired) electrons. The van der Waals surface area contributed by atoms with Crippen molar-refractivity contribution in [3.63, 3.8) is 0 Å². The molecule has 1 fully saturated rings. The van der Waals surface area contributed by atoms with Gasteiger partial charge in [-0.3, -0.25) is 0 Å². The predicted molar refractivity (Wildman–Crippen MR) is 181 cm³/mol. The Kier molecular flexibility index (Phi) is 13.8. The Labute approximate surface area is 274 Å².